The molecule has 1 aliphatic heterocycles. The number of halogens is 3. The van der Waals surface area contributed by atoms with Crippen molar-refractivity contribution in [2.45, 2.75) is 32.0 Å². The van der Waals surface area contributed by atoms with E-state index in [-0.39, 0.29) is 11.6 Å². The molecule has 0 saturated heterocycles. The lowest BCUT2D eigenvalue weighted by molar-refractivity contribution is -0.153. The van der Waals surface area contributed by atoms with Crippen LogP contribution < -0.4 is 11.1 Å². The van der Waals surface area contributed by atoms with Gasteiger partial charge < -0.3 is 15.5 Å². The Labute approximate surface area is 156 Å². The van der Waals surface area contributed by atoms with Gasteiger partial charge in [-0.05, 0) is 25.0 Å². The van der Waals surface area contributed by atoms with Gasteiger partial charge in [0.2, 0.25) is 5.76 Å². The number of nitrogens with zero attached hydrogens (tertiary/aromatic N) is 3. The molecular formula is C16H16F3N5O2S. The minimum atomic E-state index is -4.83. The van der Waals surface area contributed by atoms with Gasteiger partial charge in [0.1, 0.15) is 0 Å². The van der Waals surface area contributed by atoms with Crippen molar-refractivity contribution >= 4 is 28.5 Å². The first-order chi connectivity index (χ1) is 12.6. The molecule has 1 atom stereocenters. The lowest BCUT2D eigenvalue weighted by Gasteiger charge is -2.29. The average Bonchev–Trinajstić information content (AvgIpc) is 2.97. The van der Waals surface area contributed by atoms with Crippen LogP contribution in [0.15, 0.2) is 27.9 Å². The van der Waals surface area contributed by atoms with E-state index < -0.39 is 29.1 Å². The molecule has 2 aromatic rings. The SMILES string of the molecule is Cc1nc(C(=O)Nc2cncc([C@]3(C)CCSC(N)=N3)c2)c(C(F)(F)F)o1. The van der Waals surface area contributed by atoms with Crippen LogP contribution in [0.4, 0.5) is 18.9 Å². The molecule has 2 aromatic heterocycles. The molecule has 144 valence electrons. The number of aromatic nitrogens is 2. The van der Waals surface area contributed by atoms with Crippen molar-refractivity contribution in [3.63, 3.8) is 0 Å². The second-order valence-corrected chi connectivity index (χ2v) is 7.26. The number of hydrogen-bond acceptors (Lipinski definition) is 7. The molecular weight excluding hydrogens is 383 g/mol. The molecule has 0 aromatic carbocycles. The summed E-state index contributed by atoms with van der Waals surface area (Å²) in [7, 11) is 0. The van der Waals surface area contributed by atoms with Crippen LogP contribution >= 0.6 is 11.8 Å². The molecule has 0 unspecified atom stereocenters. The fourth-order valence-corrected chi connectivity index (χ4v) is 3.64. The first-order valence-electron chi connectivity index (χ1n) is 7.88. The number of oxazole rings is 1. The van der Waals surface area contributed by atoms with Gasteiger partial charge in [-0.3, -0.25) is 14.8 Å². The van der Waals surface area contributed by atoms with Crippen LogP contribution in [0.25, 0.3) is 0 Å². The van der Waals surface area contributed by atoms with E-state index in [1.54, 1.807) is 12.3 Å². The first kappa shape index (κ1) is 19.2. The van der Waals surface area contributed by atoms with Gasteiger partial charge >= 0.3 is 6.18 Å². The number of amidine groups is 1. The van der Waals surface area contributed by atoms with E-state index in [0.717, 1.165) is 5.75 Å². The first-order valence-corrected chi connectivity index (χ1v) is 8.87. The molecule has 3 heterocycles. The highest BCUT2D eigenvalue weighted by molar-refractivity contribution is 8.13. The second kappa shape index (κ2) is 6.87. The molecule has 3 rings (SSSR count). The maximum atomic E-state index is 13.0. The van der Waals surface area contributed by atoms with Crippen molar-refractivity contribution in [1.82, 2.24) is 9.97 Å². The molecule has 1 amide bonds. The molecule has 11 heteroatoms. The van der Waals surface area contributed by atoms with Crippen LogP contribution in [-0.2, 0) is 11.7 Å². The van der Waals surface area contributed by atoms with Gasteiger partial charge in [0, 0.05) is 18.9 Å². The van der Waals surface area contributed by atoms with Gasteiger partial charge in [0.05, 0.1) is 17.4 Å². The topological polar surface area (TPSA) is 106 Å². The Morgan fingerprint density at radius 2 is 2.15 bits per heavy atom. The quantitative estimate of drug-likeness (QED) is 0.820. The molecule has 0 saturated carbocycles. The number of alkyl halides is 3. The summed E-state index contributed by atoms with van der Waals surface area (Å²) < 4.78 is 43.5. The van der Waals surface area contributed by atoms with Gasteiger partial charge in [-0.25, -0.2) is 4.98 Å². The summed E-state index contributed by atoms with van der Waals surface area (Å²) in [6.45, 7) is 3.11. The molecule has 0 bridgehead atoms. The number of hydrogen-bond donors (Lipinski definition) is 2. The third-order valence-corrected chi connectivity index (χ3v) is 4.82. The van der Waals surface area contributed by atoms with Crippen LogP contribution in [0.5, 0.6) is 0 Å². The Morgan fingerprint density at radius 3 is 2.81 bits per heavy atom. The molecule has 1 aliphatic rings. The summed E-state index contributed by atoms with van der Waals surface area (Å²) in [5, 5.41) is 2.83. The fraction of sp³-hybridized carbons (Fsp3) is 0.375. The highest BCUT2D eigenvalue weighted by atomic mass is 32.2. The van der Waals surface area contributed by atoms with E-state index in [1.807, 2.05) is 6.92 Å². The number of carbonyl (C=O) groups excluding carboxylic acids is 1. The maximum absolute atomic E-state index is 13.0. The number of aliphatic imine (C=N–C) groups is 1. The van der Waals surface area contributed by atoms with Crippen LogP contribution in [-0.4, -0.2) is 26.8 Å². The van der Waals surface area contributed by atoms with Crippen molar-refractivity contribution in [3.05, 3.63) is 41.4 Å². The van der Waals surface area contributed by atoms with Crippen LogP contribution in [0, 0.1) is 6.92 Å². The van der Waals surface area contributed by atoms with Crippen molar-refractivity contribution in [3.8, 4) is 0 Å². The predicted octanol–water partition coefficient (Wildman–Crippen LogP) is 3.32. The van der Waals surface area contributed by atoms with E-state index in [9.17, 15) is 18.0 Å². The van der Waals surface area contributed by atoms with E-state index in [2.05, 4.69) is 24.7 Å². The summed E-state index contributed by atoms with van der Waals surface area (Å²) in [4.78, 5) is 24.3. The third-order valence-electron chi connectivity index (χ3n) is 4.02. The van der Waals surface area contributed by atoms with Crippen LogP contribution in [0.3, 0.4) is 0 Å². The molecule has 7 nitrogen and oxygen atoms in total. The van der Waals surface area contributed by atoms with Gasteiger partial charge in [-0.15, -0.1) is 0 Å². The minimum absolute atomic E-state index is 0.222. The zero-order valence-corrected chi connectivity index (χ0v) is 15.2. The second-order valence-electron chi connectivity index (χ2n) is 6.15. The van der Waals surface area contributed by atoms with Crippen molar-refractivity contribution in [2.75, 3.05) is 11.1 Å². The smallest absolute Gasteiger partial charge is 0.436 e. The number of aryl methyl sites for hydroxylation is 1. The van der Waals surface area contributed by atoms with Crippen LogP contribution in [0.2, 0.25) is 0 Å². The third kappa shape index (κ3) is 4.07. The number of carbonyl (C=O) groups is 1. The van der Waals surface area contributed by atoms with E-state index >= 15 is 0 Å². The summed E-state index contributed by atoms with van der Waals surface area (Å²) in [6.07, 6.45) is -1.20. The summed E-state index contributed by atoms with van der Waals surface area (Å²) in [5.41, 5.74) is 5.27. The maximum Gasteiger partial charge on any atom is 0.452 e. The highest BCUT2D eigenvalue weighted by Gasteiger charge is 2.41. The summed E-state index contributed by atoms with van der Waals surface area (Å²) in [5.74, 6) is -1.95. The van der Waals surface area contributed by atoms with Crippen molar-refractivity contribution in [2.24, 2.45) is 10.7 Å². The zero-order valence-electron chi connectivity index (χ0n) is 14.4. The lowest BCUT2D eigenvalue weighted by atomic mass is 9.91. The number of amides is 1. The zero-order chi connectivity index (χ0) is 19.8. The number of anilines is 1. The Kier molecular flexibility index (Phi) is 4.89. The Bertz CT molecular complexity index is 912. The molecule has 0 radical (unpaired) electrons. The van der Waals surface area contributed by atoms with Crippen LogP contribution in [0.1, 0.15) is 41.0 Å². The minimum Gasteiger partial charge on any atom is -0.436 e. The van der Waals surface area contributed by atoms with E-state index in [0.29, 0.717) is 17.2 Å². The number of pyridine rings is 1. The normalized spacial score (nSPS) is 20.3. The molecule has 0 fully saturated rings. The Morgan fingerprint density at radius 1 is 1.41 bits per heavy atom. The standard InChI is InChI=1S/C16H16F3N5O2S/c1-8-22-11(12(26-8)16(17,18)19)13(25)23-10-5-9(6-21-7-10)15(2)3-4-27-14(20)24-15/h5-7H,3-4H2,1-2H3,(H2,20,24)(H,23,25)/t15-/m0/s1. The van der Waals surface area contributed by atoms with E-state index in [4.69, 9.17) is 5.73 Å². The Balaban J connectivity index is 1.88. The molecule has 0 aliphatic carbocycles. The van der Waals surface area contributed by atoms with Crippen molar-refractivity contribution < 1.29 is 22.4 Å². The number of nitrogens with two attached hydrogens (primary N) is 1. The van der Waals surface area contributed by atoms with E-state index in [1.165, 1.54) is 24.9 Å². The molecule has 3 N–H and O–H groups in total. The molecule has 27 heavy (non-hydrogen) atoms. The summed E-state index contributed by atoms with van der Waals surface area (Å²) in [6, 6.07) is 1.61. The lowest BCUT2D eigenvalue weighted by Crippen LogP contribution is -2.29. The Hall–Kier alpha value is -2.56. The number of rotatable bonds is 3. The number of thioether (sulfide) groups is 1. The largest absolute Gasteiger partial charge is 0.452 e. The predicted molar refractivity (Wildman–Crippen MR) is 94.5 cm³/mol. The van der Waals surface area contributed by atoms with Gasteiger partial charge in [-0.2, -0.15) is 13.2 Å². The van der Waals surface area contributed by atoms with Gasteiger partial charge in [0.25, 0.3) is 5.91 Å². The number of nitrogens with one attached hydrogen (secondary N) is 1. The fourth-order valence-electron chi connectivity index (χ4n) is 2.66. The highest BCUT2D eigenvalue weighted by Crippen LogP contribution is 2.36. The molecule has 0 spiro atoms. The van der Waals surface area contributed by atoms with Crippen molar-refractivity contribution in [1.29, 1.82) is 0 Å². The van der Waals surface area contributed by atoms with Gasteiger partial charge in [-0.1, -0.05) is 11.8 Å². The summed E-state index contributed by atoms with van der Waals surface area (Å²) >= 11 is 1.45. The van der Waals surface area contributed by atoms with Gasteiger partial charge in [0.15, 0.2) is 16.8 Å². The monoisotopic (exact) mass is 399 g/mol. The average molecular weight is 399 g/mol.